The standard InChI is InChI=1S/C13H17N3O2/c1-15(2)9-6-10-16-13(17)18-12(14-16)11-7-4-3-5-8-11/h3-5,7-8H,6,9-10H2,1-2H3. The Balaban J connectivity index is 2.10. The molecule has 0 unspecified atom stereocenters. The van der Waals surface area contributed by atoms with E-state index in [1.807, 2.05) is 44.4 Å². The van der Waals surface area contributed by atoms with Crippen molar-refractivity contribution in [1.29, 1.82) is 0 Å². The Bertz CT molecular complexity index is 543. The lowest BCUT2D eigenvalue weighted by atomic mass is 10.2. The second-order valence-corrected chi connectivity index (χ2v) is 4.42. The summed E-state index contributed by atoms with van der Waals surface area (Å²) in [6.07, 6.45) is 0.869. The van der Waals surface area contributed by atoms with Crippen molar-refractivity contribution in [2.75, 3.05) is 20.6 Å². The first-order valence-electron chi connectivity index (χ1n) is 5.95. The topological polar surface area (TPSA) is 51.3 Å². The summed E-state index contributed by atoms with van der Waals surface area (Å²) < 4.78 is 6.52. The van der Waals surface area contributed by atoms with Gasteiger partial charge in [0.05, 0.1) is 0 Å². The second-order valence-electron chi connectivity index (χ2n) is 4.42. The van der Waals surface area contributed by atoms with E-state index in [1.165, 1.54) is 4.68 Å². The van der Waals surface area contributed by atoms with Gasteiger partial charge in [0.2, 0.25) is 5.89 Å². The van der Waals surface area contributed by atoms with E-state index in [2.05, 4.69) is 10.00 Å². The minimum absolute atomic E-state index is 0.380. The summed E-state index contributed by atoms with van der Waals surface area (Å²) in [5, 5.41) is 4.20. The van der Waals surface area contributed by atoms with Crippen molar-refractivity contribution in [3.05, 3.63) is 40.9 Å². The van der Waals surface area contributed by atoms with Gasteiger partial charge in [0.1, 0.15) is 0 Å². The van der Waals surface area contributed by atoms with Gasteiger partial charge in [-0.15, -0.1) is 5.10 Å². The van der Waals surface area contributed by atoms with Crippen LogP contribution in [0, 0.1) is 0 Å². The zero-order valence-corrected chi connectivity index (χ0v) is 10.7. The first-order valence-corrected chi connectivity index (χ1v) is 5.95. The molecule has 1 heterocycles. The van der Waals surface area contributed by atoms with Crippen LogP contribution >= 0.6 is 0 Å². The van der Waals surface area contributed by atoms with Crippen molar-refractivity contribution >= 4 is 0 Å². The molecule has 1 aromatic heterocycles. The molecule has 0 saturated carbocycles. The fraction of sp³-hybridized carbons (Fsp3) is 0.385. The fourth-order valence-corrected chi connectivity index (χ4v) is 1.68. The van der Waals surface area contributed by atoms with Crippen LogP contribution in [-0.2, 0) is 6.54 Å². The number of hydrogen-bond donors (Lipinski definition) is 0. The predicted molar refractivity (Wildman–Crippen MR) is 69.4 cm³/mol. The predicted octanol–water partition coefficient (Wildman–Crippen LogP) is 1.45. The van der Waals surface area contributed by atoms with Crippen LogP contribution in [0.4, 0.5) is 0 Å². The lowest BCUT2D eigenvalue weighted by Crippen LogP contribution is -2.20. The van der Waals surface area contributed by atoms with Crippen LogP contribution in [0.15, 0.2) is 39.5 Å². The molecular formula is C13H17N3O2. The van der Waals surface area contributed by atoms with Crippen LogP contribution in [-0.4, -0.2) is 35.3 Å². The van der Waals surface area contributed by atoms with Crippen molar-refractivity contribution in [3.63, 3.8) is 0 Å². The van der Waals surface area contributed by atoms with Gasteiger partial charge >= 0.3 is 5.76 Å². The van der Waals surface area contributed by atoms with E-state index in [9.17, 15) is 4.79 Å². The Hall–Kier alpha value is -1.88. The lowest BCUT2D eigenvalue weighted by molar-refractivity contribution is 0.373. The van der Waals surface area contributed by atoms with Gasteiger partial charge in [0.25, 0.3) is 0 Å². The maximum Gasteiger partial charge on any atom is 0.437 e. The highest BCUT2D eigenvalue weighted by Gasteiger charge is 2.09. The number of aryl methyl sites for hydroxylation is 1. The summed E-state index contributed by atoms with van der Waals surface area (Å²) in [6.45, 7) is 1.49. The fourth-order valence-electron chi connectivity index (χ4n) is 1.68. The summed E-state index contributed by atoms with van der Waals surface area (Å²) in [5.41, 5.74) is 0.820. The Morgan fingerprint density at radius 3 is 2.67 bits per heavy atom. The third-order valence-corrected chi connectivity index (χ3v) is 2.60. The van der Waals surface area contributed by atoms with Crippen LogP contribution in [0.2, 0.25) is 0 Å². The molecule has 0 saturated heterocycles. The molecule has 0 aliphatic heterocycles. The van der Waals surface area contributed by atoms with Crippen LogP contribution in [0.5, 0.6) is 0 Å². The average molecular weight is 247 g/mol. The van der Waals surface area contributed by atoms with Crippen molar-refractivity contribution in [1.82, 2.24) is 14.7 Å². The van der Waals surface area contributed by atoms with Gasteiger partial charge in [-0.05, 0) is 39.2 Å². The van der Waals surface area contributed by atoms with Crippen molar-refractivity contribution in [2.45, 2.75) is 13.0 Å². The Labute approximate surface area is 106 Å². The molecule has 18 heavy (non-hydrogen) atoms. The normalized spacial score (nSPS) is 11.1. The molecule has 2 aromatic rings. The molecule has 0 bridgehead atoms. The van der Waals surface area contributed by atoms with Crippen molar-refractivity contribution in [3.8, 4) is 11.5 Å². The first-order chi connectivity index (χ1) is 8.66. The van der Waals surface area contributed by atoms with Crippen LogP contribution in [0.3, 0.4) is 0 Å². The van der Waals surface area contributed by atoms with Crippen LogP contribution in [0.25, 0.3) is 11.5 Å². The summed E-state index contributed by atoms with van der Waals surface area (Å²) in [6, 6.07) is 9.43. The molecule has 2 rings (SSSR count). The van der Waals surface area contributed by atoms with E-state index < -0.39 is 5.76 Å². The molecule has 0 N–H and O–H groups in total. The minimum Gasteiger partial charge on any atom is -0.388 e. The maximum atomic E-state index is 11.6. The number of hydrogen-bond acceptors (Lipinski definition) is 4. The van der Waals surface area contributed by atoms with Crippen LogP contribution in [0.1, 0.15) is 6.42 Å². The summed E-state index contributed by atoms with van der Waals surface area (Å²) in [7, 11) is 4.00. The Morgan fingerprint density at radius 2 is 2.00 bits per heavy atom. The third kappa shape index (κ3) is 3.07. The highest BCUT2D eigenvalue weighted by atomic mass is 16.4. The van der Waals surface area contributed by atoms with Crippen LogP contribution < -0.4 is 5.76 Å². The molecule has 1 aromatic carbocycles. The van der Waals surface area contributed by atoms with Gasteiger partial charge in [-0.25, -0.2) is 4.79 Å². The molecule has 96 valence electrons. The highest BCUT2D eigenvalue weighted by molar-refractivity contribution is 5.51. The average Bonchev–Trinajstić information content (AvgIpc) is 2.72. The zero-order chi connectivity index (χ0) is 13.0. The van der Waals surface area contributed by atoms with Crippen molar-refractivity contribution < 1.29 is 4.42 Å². The minimum atomic E-state index is -0.396. The Kier molecular flexibility index (Phi) is 3.94. The van der Waals surface area contributed by atoms with Gasteiger partial charge in [0, 0.05) is 12.1 Å². The van der Waals surface area contributed by atoms with Gasteiger partial charge in [-0.2, -0.15) is 4.68 Å². The molecule has 0 amide bonds. The second kappa shape index (κ2) is 5.64. The van der Waals surface area contributed by atoms with Gasteiger partial charge in [-0.3, -0.25) is 0 Å². The van der Waals surface area contributed by atoms with E-state index in [1.54, 1.807) is 0 Å². The molecule has 5 nitrogen and oxygen atoms in total. The number of benzene rings is 1. The largest absolute Gasteiger partial charge is 0.437 e. The molecule has 0 aliphatic rings. The summed E-state index contributed by atoms with van der Waals surface area (Å²) >= 11 is 0. The molecule has 0 radical (unpaired) electrons. The number of nitrogens with zero attached hydrogens (tertiary/aromatic N) is 3. The molecule has 0 fully saturated rings. The summed E-state index contributed by atoms with van der Waals surface area (Å²) in [4.78, 5) is 13.7. The smallest absolute Gasteiger partial charge is 0.388 e. The lowest BCUT2D eigenvalue weighted by Gasteiger charge is -2.07. The monoisotopic (exact) mass is 247 g/mol. The van der Waals surface area contributed by atoms with E-state index in [0.29, 0.717) is 12.4 Å². The molecular weight excluding hydrogens is 230 g/mol. The van der Waals surface area contributed by atoms with E-state index in [-0.39, 0.29) is 0 Å². The highest BCUT2D eigenvalue weighted by Crippen LogP contribution is 2.13. The molecule has 0 spiro atoms. The molecule has 0 atom stereocenters. The van der Waals surface area contributed by atoms with Gasteiger partial charge in [-0.1, -0.05) is 18.2 Å². The number of aromatic nitrogens is 2. The van der Waals surface area contributed by atoms with E-state index in [0.717, 1.165) is 18.5 Å². The first kappa shape index (κ1) is 12.6. The van der Waals surface area contributed by atoms with Crippen molar-refractivity contribution in [2.24, 2.45) is 0 Å². The summed E-state index contributed by atoms with van der Waals surface area (Å²) in [5.74, 6) is -0.0157. The third-order valence-electron chi connectivity index (χ3n) is 2.60. The maximum absolute atomic E-state index is 11.6. The van der Waals surface area contributed by atoms with Gasteiger partial charge < -0.3 is 9.32 Å². The quantitative estimate of drug-likeness (QED) is 0.802. The molecule has 5 heteroatoms. The van der Waals surface area contributed by atoms with E-state index in [4.69, 9.17) is 4.42 Å². The van der Waals surface area contributed by atoms with Gasteiger partial charge in [0.15, 0.2) is 0 Å². The Morgan fingerprint density at radius 1 is 1.28 bits per heavy atom. The zero-order valence-electron chi connectivity index (χ0n) is 10.7. The number of rotatable bonds is 5. The van der Waals surface area contributed by atoms with E-state index >= 15 is 0 Å². The SMILES string of the molecule is CN(C)CCCn1nc(-c2ccccc2)oc1=O. The molecule has 0 aliphatic carbocycles.